The van der Waals surface area contributed by atoms with Crippen LogP contribution >= 0.6 is 0 Å². The summed E-state index contributed by atoms with van der Waals surface area (Å²) < 4.78 is 0. The Morgan fingerprint density at radius 2 is 2.55 bits per heavy atom. The fourth-order valence-corrected chi connectivity index (χ4v) is 0.724. The van der Waals surface area contributed by atoms with Crippen LogP contribution in [-0.4, -0.2) is 26.2 Å². The number of imidazole rings is 1. The molecule has 1 aromatic heterocycles. The molecule has 0 aromatic carbocycles. The number of aromatic nitrogens is 2. The normalized spacial score (nSPS) is 12.8. The highest BCUT2D eigenvalue weighted by molar-refractivity contribution is 5.67. The number of hydrogen-bond acceptors (Lipinski definition) is 3. The summed E-state index contributed by atoms with van der Waals surface area (Å²) in [5.74, 6) is -1.04. The van der Waals surface area contributed by atoms with Gasteiger partial charge in [-0.05, 0) is 0 Å². The predicted octanol–water partition coefficient (Wildman–Crippen LogP) is -0.0822. The van der Waals surface area contributed by atoms with Gasteiger partial charge in [0.2, 0.25) is 0 Å². The molecule has 0 radical (unpaired) electrons. The van der Waals surface area contributed by atoms with E-state index in [9.17, 15) is 4.79 Å². The lowest BCUT2D eigenvalue weighted by atomic mass is 10.2. The summed E-state index contributed by atoms with van der Waals surface area (Å²) in [6.07, 6.45) is 1.49. The second-order valence-corrected chi connectivity index (χ2v) is 2.12. The van der Waals surface area contributed by atoms with E-state index in [1.165, 1.54) is 12.5 Å². The van der Waals surface area contributed by atoms with Crippen molar-refractivity contribution in [2.24, 2.45) is 0 Å². The molecule has 5 nitrogen and oxygen atoms in total. The van der Waals surface area contributed by atoms with Crippen LogP contribution in [0.4, 0.5) is 0 Å². The van der Waals surface area contributed by atoms with Crippen molar-refractivity contribution >= 4 is 5.97 Å². The third kappa shape index (κ3) is 2.05. The van der Waals surface area contributed by atoms with Gasteiger partial charge in [-0.3, -0.25) is 4.79 Å². The van der Waals surface area contributed by atoms with Gasteiger partial charge in [0.05, 0.1) is 24.6 Å². The Bertz CT molecular complexity index is 232. The summed E-state index contributed by atoms with van der Waals surface area (Å²) >= 11 is 0. The summed E-state index contributed by atoms with van der Waals surface area (Å²) in [5, 5.41) is 17.4. The minimum absolute atomic E-state index is 0.303. The van der Waals surface area contributed by atoms with E-state index in [-0.39, 0.29) is 6.42 Å². The second-order valence-electron chi connectivity index (χ2n) is 2.12. The maximum atomic E-state index is 10.1. The Morgan fingerprint density at radius 3 is 3.00 bits per heavy atom. The van der Waals surface area contributed by atoms with Gasteiger partial charge in [0.1, 0.15) is 6.10 Å². The number of carboxylic acids is 1. The summed E-state index contributed by atoms with van der Waals surface area (Å²) in [7, 11) is 0. The number of nitrogens with one attached hydrogen (secondary N) is 1. The zero-order valence-corrected chi connectivity index (χ0v) is 5.69. The molecular weight excluding hydrogens is 148 g/mol. The number of aromatic amines is 1. The van der Waals surface area contributed by atoms with Gasteiger partial charge in [0, 0.05) is 0 Å². The number of carboxylic acid groups (broad SMARTS) is 1. The first-order valence-electron chi connectivity index (χ1n) is 3.08. The average Bonchev–Trinajstić information content (AvgIpc) is 2.35. The van der Waals surface area contributed by atoms with Gasteiger partial charge in [-0.1, -0.05) is 0 Å². The van der Waals surface area contributed by atoms with Crippen LogP contribution in [0.5, 0.6) is 0 Å². The van der Waals surface area contributed by atoms with Crippen LogP contribution in [0.2, 0.25) is 0 Å². The minimum Gasteiger partial charge on any atom is -0.481 e. The molecule has 0 spiro atoms. The molecule has 0 aliphatic heterocycles. The lowest BCUT2D eigenvalue weighted by Crippen LogP contribution is -2.05. The van der Waals surface area contributed by atoms with Crippen LogP contribution in [0.3, 0.4) is 0 Å². The van der Waals surface area contributed by atoms with Crippen LogP contribution in [0, 0.1) is 0 Å². The van der Waals surface area contributed by atoms with Gasteiger partial charge >= 0.3 is 5.97 Å². The van der Waals surface area contributed by atoms with Crippen molar-refractivity contribution in [3.63, 3.8) is 0 Å². The molecule has 1 unspecified atom stereocenters. The zero-order chi connectivity index (χ0) is 8.27. The quantitative estimate of drug-likeness (QED) is 0.571. The van der Waals surface area contributed by atoms with Crippen molar-refractivity contribution in [2.75, 3.05) is 0 Å². The molecule has 0 aliphatic carbocycles. The molecular formula is C6H8N2O3. The first-order valence-corrected chi connectivity index (χ1v) is 3.08. The third-order valence-electron chi connectivity index (χ3n) is 1.25. The lowest BCUT2D eigenvalue weighted by molar-refractivity contribution is -0.139. The minimum atomic E-state index is -1.04. The highest BCUT2D eigenvalue weighted by Gasteiger charge is 2.12. The van der Waals surface area contributed by atoms with Gasteiger partial charge in [-0.2, -0.15) is 0 Å². The first-order chi connectivity index (χ1) is 5.20. The number of carbonyl (C=O) groups is 1. The van der Waals surface area contributed by atoms with Crippen LogP contribution in [0.25, 0.3) is 0 Å². The molecule has 0 bridgehead atoms. The van der Waals surface area contributed by atoms with Crippen molar-refractivity contribution in [1.82, 2.24) is 9.97 Å². The Kier molecular flexibility index (Phi) is 2.22. The fraction of sp³-hybridized carbons (Fsp3) is 0.333. The first kappa shape index (κ1) is 7.74. The maximum absolute atomic E-state index is 10.1. The van der Waals surface area contributed by atoms with E-state index in [4.69, 9.17) is 10.2 Å². The molecule has 1 rings (SSSR count). The number of hydrogen-bond donors (Lipinski definition) is 3. The number of aliphatic hydroxyl groups is 1. The molecule has 0 fully saturated rings. The van der Waals surface area contributed by atoms with Crippen molar-refractivity contribution in [3.8, 4) is 0 Å². The van der Waals surface area contributed by atoms with E-state index in [1.54, 1.807) is 0 Å². The molecule has 0 saturated carbocycles. The monoisotopic (exact) mass is 156 g/mol. The van der Waals surface area contributed by atoms with Gasteiger partial charge in [-0.25, -0.2) is 4.98 Å². The molecule has 1 aromatic rings. The summed E-state index contributed by atoms with van der Waals surface area (Å²) in [6.45, 7) is 0. The Hall–Kier alpha value is -1.36. The zero-order valence-electron chi connectivity index (χ0n) is 5.69. The number of aliphatic carboxylic acids is 1. The van der Waals surface area contributed by atoms with Crippen molar-refractivity contribution in [2.45, 2.75) is 12.5 Å². The molecule has 0 amide bonds. The molecule has 60 valence electrons. The molecule has 1 atom stereocenters. The highest BCUT2D eigenvalue weighted by Crippen LogP contribution is 2.11. The van der Waals surface area contributed by atoms with Crippen molar-refractivity contribution < 1.29 is 15.0 Å². The third-order valence-corrected chi connectivity index (χ3v) is 1.25. The molecule has 11 heavy (non-hydrogen) atoms. The average molecular weight is 156 g/mol. The summed E-state index contributed by atoms with van der Waals surface area (Å²) in [5.41, 5.74) is 0.424. The Morgan fingerprint density at radius 1 is 1.82 bits per heavy atom. The van der Waals surface area contributed by atoms with E-state index in [0.717, 1.165) is 0 Å². The second kappa shape index (κ2) is 3.16. The smallest absolute Gasteiger partial charge is 0.306 e. The summed E-state index contributed by atoms with van der Waals surface area (Å²) in [6, 6.07) is 0. The number of H-pyrrole nitrogens is 1. The van der Waals surface area contributed by atoms with E-state index in [2.05, 4.69) is 9.97 Å². The largest absolute Gasteiger partial charge is 0.481 e. The lowest BCUT2D eigenvalue weighted by Gasteiger charge is -2.02. The van der Waals surface area contributed by atoms with Gasteiger partial charge in [0.15, 0.2) is 0 Å². The molecule has 3 N–H and O–H groups in total. The van der Waals surface area contributed by atoms with Crippen LogP contribution in [-0.2, 0) is 4.79 Å². The standard InChI is InChI=1S/C6H8N2O3/c9-5(1-6(10)11)4-2-7-3-8-4/h2-3,5,9H,1H2,(H,7,8)(H,10,11). The number of rotatable bonds is 3. The summed E-state index contributed by atoms with van der Waals surface area (Å²) in [4.78, 5) is 16.4. The fourth-order valence-electron chi connectivity index (χ4n) is 0.724. The predicted molar refractivity (Wildman–Crippen MR) is 35.8 cm³/mol. The highest BCUT2D eigenvalue weighted by atomic mass is 16.4. The van der Waals surface area contributed by atoms with Gasteiger partial charge in [0.25, 0.3) is 0 Å². The molecule has 1 heterocycles. The SMILES string of the molecule is O=C(O)CC(O)c1cnc[nH]1. The maximum Gasteiger partial charge on any atom is 0.306 e. The van der Waals surface area contributed by atoms with Crippen molar-refractivity contribution in [1.29, 1.82) is 0 Å². The molecule has 0 aliphatic rings. The topological polar surface area (TPSA) is 86.2 Å². The van der Waals surface area contributed by atoms with Crippen LogP contribution in [0.1, 0.15) is 18.2 Å². The molecule has 0 saturated heterocycles. The molecule has 5 heteroatoms. The number of aliphatic hydroxyl groups excluding tert-OH is 1. The Labute approximate surface area is 62.7 Å². The number of nitrogens with zero attached hydrogens (tertiary/aromatic N) is 1. The Balaban J connectivity index is 2.56. The van der Waals surface area contributed by atoms with Crippen LogP contribution in [0.15, 0.2) is 12.5 Å². The van der Waals surface area contributed by atoms with Gasteiger partial charge in [-0.15, -0.1) is 0 Å². The van der Waals surface area contributed by atoms with E-state index < -0.39 is 12.1 Å². The van der Waals surface area contributed by atoms with E-state index in [1.807, 2.05) is 0 Å². The van der Waals surface area contributed by atoms with Crippen molar-refractivity contribution in [3.05, 3.63) is 18.2 Å². The van der Waals surface area contributed by atoms with Gasteiger partial charge < -0.3 is 15.2 Å². The van der Waals surface area contributed by atoms with Crippen LogP contribution < -0.4 is 0 Å². The van der Waals surface area contributed by atoms with E-state index >= 15 is 0 Å². The van der Waals surface area contributed by atoms with E-state index in [0.29, 0.717) is 5.69 Å².